The summed E-state index contributed by atoms with van der Waals surface area (Å²) in [4.78, 5) is 29.3. The van der Waals surface area contributed by atoms with Crippen molar-refractivity contribution >= 4 is 12.0 Å². The van der Waals surface area contributed by atoms with Crippen LogP contribution >= 0.6 is 0 Å². The van der Waals surface area contributed by atoms with E-state index in [9.17, 15) is 9.59 Å². The Balaban J connectivity index is 1.44. The Bertz CT molecular complexity index is 1110. The van der Waals surface area contributed by atoms with Gasteiger partial charge in [-0.05, 0) is 63.8 Å². The SMILES string of the molecule is CN(CC1CCN(C(=O)c2cc(-c3ccco3)nn2-c2ccccc2)CC1)C(=O)OC(C)(C)C. The van der Waals surface area contributed by atoms with Crippen LogP contribution in [0.4, 0.5) is 4.79 Å². The summed E-state index contributed by atoms with van der Waals surface area (Å²) in [6.07, 6.45) is 2.92. The predicted octanol–water partition coefficient (Wildman–Crippen LogP) is 4.85. The fraction of sp³-hybridized carbons (Fsp3) is 0.423. The normalized spacial score (nSPS) is 14.8. The number of rotatable bonds is 5. The molecule has 3 heterocycles. The van der Waals surface area contributed by atoms with Gasteiger partial charge in [0.25, 0.3) is 5.91 Å². The first-order chi connectivity index (χ1) is 16.2. The van der Waals surface area contributed by atoms with Crippen molar-refractivity contribution in [2.45, 2.75) is 39.2 Å². The molecule has 0 spiro atoms. The highest BCUT2D eigenvalue weighted by molar-refractivity contribution is 5.94. The lowest BCUT2D eigenvalue weighted by molar-refractivity contribution is 0.0245. The van der Waals surface area contributed by atoms with Crippen molar-refractivity contribution in [3.8, 4) is 17.1 Å². The van der Waals surface area contributed by atoms with Crippen molar-refractivity contribution < 1.29 is 18.7 Å². The fourth-order valence-corrected chi connectivity index (χ4v) is 4.13. The van der Waals surface area contributed by atoms with Crippen LogP contribution in [0.15, 0.2) is 59.2 Å². The Labute approximate surface area is 200 Å². The van der Waals surface area contributed by atoms with E-state index in [1.807, 2.05) is 62.1 Å². The van der Waals surface area contributed by atoms with E-state index in [-0.39, 0.29) is 12.0 Å². The maximum Gasteiger partial charge on any atom is 0.410 e. The number of likely N-dealkylation sites (tertiary alicyclic amines) is 1. The van der Waals surface area contributed by atoms with E-state index in [0.29, 0.717) is 42.7 Å². The van der Waals surface area contributed by atoms with E-state index < -0.39 is 5.60 Å². The molecule has 1 fully saturated rings. The van der Waals surface area contributed by atoms with Gasteiger partial charge in [0.15, 0.2) is 5.76 Å². The number of amides is 2. The molecule has 0 atom stereocenters. The molecule has 0 unspecified atom stereocenters. The van der Waals surface area contributed by atoms with Crippen LogP contribution in [0.3, 0.4) is 0 Å². The van der Waals surface area contributed by atoms with Gasteiger partial charge < -0.3 is 19.0 Å². The van der Waals surface area contributed by atoms with Crippen molar-refractivity contribution in [1.82, 2.24) is 19.6 Å². The zero-order chi connectivity index (χ0) is 24.3. The maximum atomic E-state index is 13.5. The average molecular weight is 465 g/mol. The van der Waals surface area contributed by atoms with Crippen LogP contribution in [0, 0.1) is 5.92 Å². The van der Waals surface area contributed by atoms with Crippen molar-refractivity contribution in [3.63, 3.8) is 0 Å². The van der Waals surface area contributed by atoms with Crippen LogP contribution in [0.2, 0.25) is 0 Å². The Morgan fingerprint density at radius 2 is 1.82 bits per heavy atom. The lowest BCUT2D eigenvalue weighted by Gasteiger charge is -2.34. The molecule has 8 heteroatoms. The summed E-state index contributed by atoms with van der Waals surface area (Å²) in [5.41, 5.74) is 1.42. The number of nitrogens with zero attached hydrogens (tertiary/aromatic N) is 4. The van der Waals surface area contributed by atoms with Crippen molar-refractivity contribution in [1.29, 1.82) is 0 Å². The summed E-state index contributed by atoms with van der Waals surface area (Å²) < 4.78 is 12.6. The van der Waals surface area contributed by atoms with Crippen LogP contribution < -0.4 is 0 Å². The second-order valence-corrected chi connectivity index (χ2v) is 9.74. The number of para-hydroxylation sites is 1. The minimum Gasteiger partial charge on any atom is -0.463 e. The molecule has 0 radical (unpaired) electrons. The van der Waals surface area contributed by atoms with Crippen LogP contribution in [-0.4, -0.2) is 63.9 Å². The van der Waals surface area contributed by atoms with Gasteiger partial charge in [-0.25, -0.2) is 9.48 Å². The zero-order valence-corrected chi connectivity index (χ0v) is 20.2. The van der Waals surface area contributed by atoms with Crippen LogP contribution in [0.5, 0.6) is 0 Å². The van der Waals surface area contributed by atoms with Gasteiger partial charge in [-0.3, -0.25) is 4.79 Å². The summed E-state index contributed by atoms with van der Waals surface area (Å²) in [6, 6.07) is 15.0. The molecular weight excluding hydrogens is 432 g/mol. The second-order valence-electron chi connectivity index (χ2n) is 9.74. The second kappa shape index (κ2) is 9.75. The van der Waals surface area contributed by atoms with Gasteiger partial charge in [0, 0.05) is 32.7 Å². The molecule has 4 rings (SSSR count). The third-order valence-electron chi connectivity index (χ3n) is 5.84. The van der Waals surface area contributed by atoms with Crippen LogP contribution in [0.25, 0.3) is 17.1 Å². The number of carbonyl (C=O) groups is 2. The number of aromatic nitrogens is 2. The third-order valence-corrected chi connectivity index (χ3v) is 5.84. The molecular formula is C26H32N4O4. The molecule has 1 saturated heterocycles. The molecule has 0 aliphatic carbocycles. The summed E-state index contributed by atoms with van der Waals surface area (Å²) in [5.74, 6) is 0.875. The molecule has 0 bridgehead atoms. The predicted molar refractivity (Wildman–Crippen MR) is 129 cm³/mol. The highest BCUT2D eigenvalue weighted by Crippen LogP contribution is 2.25. The van der Waals surface area contributed by atoms with E-state index in [0.717, 1.165) is 18.5 Å². The molecule has 0 saturated carbocycles. The van der Waals surface area contributed by atoms with E-state index >= 15 is 0 Å². The molecule has 3 aromatic rings. The Hall–Kier alpha value is -3.55. The van der Waals surface area contributed by atoms with Crippen LogP contribution in [0.1, 0.15) is 44.1 Å². The lowest BCUT2D eigenvalue weighted by Crippen LogP contribution is -2.43. The first-order valence-electron chi connectivity index (χ1n) is 11.6. The maximum absolute atomic E-state index is 13.5. The Kier molecular flexibility index (Phi) is 6.77. The first-order valence-corrected chi connectivity index (χ1v) is 11.6. The summed E-state index contributed by atoms with van der Waals surface area (Å²) in [7, 11) is 1.76. The third kappa shape index (κ3) is 5.50. The van der Waals surface area contributed by atoms with Gasteiger partial charge in [-0.2, -0.15) is 5.10 Å². The number of hydrogen-bond donors (Lipinski definition) is 0. The van der Waals surface area contributed by atoms with Gasteiger partial charge in [0.05, 0.1) is 12.0 Å². The highest BCUT2D eigenvalue weighted by atomic mass is 16.6. The number of piperidine rings is 1. The Morgan fingerprint density at radius 1 is 1.12 bits per heavy atom. The van der Waals surface area contributed by atoms with Crippen molar-refractivity contribution in [3.05, 3.63) is 60.5 Å². The minimum atomic E-state index is -0.517. The monoisotopic (exact) mass is 464 g/mol. The first kappa shape index (κ1) is 23.6. The van der Waals surface area contributed by atoms with Crippen LogP contribution in [-0.2, 0) is 4.74 Å². The molecule has 1 aliphatic heterocycles. The quantitative estimate of drug-likeness (QED) is 0.539. The zero-order valence-electron chi connectivity index (χ0n) is 20.2. The number of ether oxygens (including phenoxy) is 1. The standard InChI is InChI=1S/C26H32N4O4/c1-26(2,3)34-25(32)28(4)18-19-12-14-29(15-13-19)24(31)22-17-21(23-11-8-16-33-23)27-30(22)20-9-6-5-7-10-20/h5-11,16-17,19H,12-15,18H2,1-4H3. The number of benzene rings is 1. The van der Waals surface area contributed by atoms with Crippen molar-refractivity contribution in [2.24, 2.45) is 5.92 Å². The average Bonchev–Trinajstić information content (AvgIpc) is 3.49. The van der Waals surface area contributed by atoms with Gasteiger partial charge in [-0.1, -0.05) is 18.2 Å². The summed E-state index contributed by atoms with van der Waals surface area (Å²) in [6.45, 7) is 7.45. The van der Waals surface area contributed by atoms with E-state index in [2.05, 4.69) is 5.10 Å². The lowest BCUT2D eigenvalue weighted by atomic mass is 9.96. The van der Waals surface area contributed by atoms with Gasteiger partial charge in [0.1, 0.15) is 17.0 Å². The molecule has 34 heavy (non-hydrogen) atoms. The Morgan fingerprint density at radius 3 is 2.44 bits per heavy atom. The van der Waals surface area contributed by atoms with Crippen molar-refractivity contribution in [2.75, 3.05) is 26.7 Å². The molecule has 2 amide bonds. The van der Waals surface area contributed by atoms with E-state index in [1.165, 1.54) is 0 Å². The largest absolute Gasteiger partial charge is 0.463 e. The molecule has 1 aromatic carbocycles. The molecule has 180 valence electrons. The summed E-state index contributed by atoms with van der Waals surface area (Å²) in [5, 5.41) is 4.66. The molecule has 8 nitrogen and oxygen atoms in total. The molecule has 2 aromatic heterocycles. The number of carbonyl (C=O) groups excluding carboxylic acids is 2. The number of furan rings is 1. The van der Waals surface area contributed by atoms with E-state index in [4.69, 9.17) is 9.15 Å². The van der Waals surface area contributed by atoms with E-state index in [1.54, 1.807) is 35.0 Å². The highest BCUT2D eigenvalue weighted by Gasteiger charge is 2.29. The molecule has 1 aliphatic rings. The summed E-state index contributed by atoms with van der Waals surface area (Å²) >= 11 is 0. The van der Waals surface area contributed by atoms with Gasteiger partial charge in [0.2, 0.25) is 0 Å². The molecule has 0 N–H and O–H groups in total. The number of hydrogen-bond acceptors (Lipinski definition) is 5. The fourth-order valence-electron chi connectivity index (χ4n) is 4.13. The topological polar surface area (TPSA) is 80.8 Å². The minimum absolute atomic E-state index is 0.0619. The van der Waals surface area contributed by atoms with Gasteiger partial charge >= 0.3 is 6.09 Å². The van der Waals surface area contributed by atoms with Gasteiger partial charge in [-0.15, -0.1) is 0 Å². The smallest absolute Gasteiger partial charge is 0.410 e.